The highest BCUT2D eigenvalue weighted by Crippen LogP contribution is 2.13. The zero-order valence-electron chi connectivity index (χ0n) is 15.2. The molecular formula is C18H31NO5. The molecule has 6 nitrogen and oxygen atoms in total. The first-order valence-corrected chi connectivity index (χ1v) is 8.50. The highest BCUT2D eigenvalue weighted by atomic mass is 16.5. The van der Waals surface area contributed by atoms with E-state index in [-0.39, 0.29) is 30.4 Å². The predicted molar refractivity (Wildman–Crippen MR) is 93.0 cm³/mol. The van der Waals surface area contributed by atoms with Crippen LogP contribution in [0.1, 0.15) is 33.3 Å². The molecule has 0 aliphatic rings. The van der Waals surface area contributed by atoms with Crippen LogP contribution in [-0.4, -0.2) is 49.7 Å². The quantitative estimate of drug-likeness (QED) is 0.441. The summed E-state index contributed by atoms with van der Waals surface area (Å²) in [6, 6.07) is 7.44. The van der Waals surface area contributed by atoms with E-state index in [0.29, 0.717) is 25.6 Å². The van der Waals surface area contributed by atoms with Crippen LogP contribution in [0.25, 0.3) is 0 Å². The molecule has 138 valence electrons. The van der Waals surface area contributed by atoms with E-state index in [4.69, 9.17) is 14.2 Å². The molecule has 2 N–H and O–H groups in total. The van der Waals surface area contributed by atoms with Crippen molar-refractivity contribution in [2.24, 2.45) is 0 Å². The second kappa shape index (κ2) is 11.4. The molecular weight excluding hydrogens is 310 g/mol. The highest BCUT2D eigenvalue weighted by Gasteiger charge is 2.12. The molecule has 0 spiro atoms. The van der Waals surface area contributed by atoms with Crippen LogP contribution in [0, 0.1) is 5.21 Å². The van der Waals surface area contributed by atoms with Crippen molar-refractivity contribution in [2.75, 3.05) is 26.4 Å². The van der Waals surface area contributed by atoms with Crippen molar-refractivity contribution in [2.45, 2.75) is 52.6 Å². The average molecular weight is 341 g/mol. The molecule has 0 bridgehead atoms. The number of nitrogens with one attached hydrogen (secondary N) is 1. The normalized spacial score (nSPS) is 14.2. The molecule has 1 aromatic rings. The van der Waals surface area contributed by atoms with Gasteiger partial charge < -0.3 is 29.6 Å². The lowest BCUT2D eigenvalue weighted by molar-refractivity contribution is -0.874. The van der Waals surface area contributed by atoms with Crippen LogP contribution >= 0.6 is 0 Å². The molecule has 1 aromatic carbocycles. The van der Waals surface area contributed by atoms with Crippen LogP contribution in [-0.2, 0) is 16.1 Å². The molecule has 1 unspecified atom stereocenters. The summed E-state index contributed by atoms with van der Waals surface area (Å²) in [7, 11) is 0. The Hall–Kier alpha value is -1.18. The molecule has 1 rings (SSSR count). The van der Waals surface area contributed by atoms with E-state index in [2.05, 4.69) is 0 Å². The molecule has 6 heteroatoms. The molecule has 0 heterocycles. The minimum Gasteiger partial charge on any atom is -0.634 e. The summed E-state index contributed by atoms with van der Waals surface area (Å²) in [4.78, 5) is 0. The Bertz CT molecular complexity index is 436. The average Bonchev–Trinajstić information content (AvgIpc) is 2.53. The van der Waals surface area contributed by atoms with E-state index in [1.165, 1.54) is 0 Å². The maximum atomic E-state index is 11.6. The van der Waals surface area contributed by atoms with E-state index < -0.39 is 6.10 Å². The van der Waals surface area contributed by atoms with E-state index in [1.807, 2.05) is 52.0 Å². The summed E-state index contributed by atoms with van der Waals surface area (Å²) in [5, 5.41) is 21.4. The summed E-state index contributed by atoms with van der Waals surface area (Å²) < 4.78 is 16.4. The van der Waals surface area contributed by atoms with Gasteiger partial charge >= 0.3 is 0 Å². The second-order valence-corrected chi connectivity index (χ2v) is 6.41. The fourth-order valence-corrected chi connectivity index (χ4v) is 1.93. The van der Waals surface area contributed by atoms with Gasteiger partial charge in [0.2, 0.25) is 0 Å². The lowest BCUT2D eigenvalue weighted by atomic mass is 10.2. The van der Waals surface area contributed by atoms with Crippen molar-refractivity contribution in [3.05, 3.63) is 35.0 Å². The number of rotatable bonds is 12. The first kappa shape index (κ1) is 20.9. The lowest BCUT2D eigenvalue weighted by Crippen LogP contribution is -3.11. The summed E-state index contributed by atoms with van der Waals surface area (Å²) in [6.45, 7) is 9.55. The monoisotopic (exact) mass is 341 g/mol. The van der Waals surface area contributed by atoms with Gasteiger partial charge in [0.15, 0.2) is 0 Å². The molecule has 0 aliphatic carbocycles. The first-order chi connectivity index (χ1) is 11.4. The number of hydrogen-bond donors (Lipinski definition) is 2. The van der Waals surface area contributed by atoms with Crippen molar-refractivity contribution in [1.29, 1.82) is 0 Å². The zero-order valence-corrected chi connectivity index (χ0v) is 15.2. The molecule has 0 saturated carbocycles. The molecule has 0 aliphatic heterocycles. The number of hydrogen-bond acceptors (Lipinski definition) is 5. The summed E-state index contributed by atoms with van der Waals surface area (Å²) in [5.41, 5.74) is 1.04. The third-order valence-electron chi connectivity index (χ3n) is 3.39. The van der Waals surface area contributed by atoms with Crippen molar-refractivity contribution in [3.8, 4) is 5.75 Å². The van der Waals surface area contributed by atoms with Gasteiger partial charge in [0, 0.05) is 0 Å². The number of aliphatic hydroxyl groups excluding tert-OH is 1. The van der Waals surface area contributed by atoms with Crippen molar-refractivity contribution >= 4 is 0 Å². The topological polar surface area (TPSA) is 75.4 Å². The van der Waals surface area contributed by atoms with Gasteiger partial charge in [-0.15, -0.1) is 0 Å². The fraction of sp³-hybridized carbons (Fsp3) is 0.667. The maximum absolute atomic E-state index is 11.6. The SMILES string of the molecule is CC(C)OCCOCc1ccc(OC[C@H](O)C[NH+]([O-])C(C)C)cc1. The maximum Gasteiger partial charge on any atom is 0.137 e. The predicted octanol–water partition coefficient (Wildman–Crippen LogP) is 1.16. The molecule has 0 saturated heterocycles. The standard InChI is InChI=1S/C18H31NO5/c1-14(2)19(21)11-17(20)13-24-18-7-5-16(6-8-18)12-22-9-10-23-15(3)4/h5-8,14-15,17,19-20H,9-13H2,1-4H3/t17-/m1/s1. The van der Waals surface area contributed by atoms with Gasteiger partial charge in [0.25, 0.3) is 0 Å². The molecule has 24 heavy (non-hydrogen) atoms. The number of aliphatic hydroxyl groups is 1. The van der Waals surface area contributed by atoms with E-state index in [9.17, 15) is 10.3 Å². The largest absolute Gasteiger partial charge is 0.634 e. The lowest BCUT2D eigenvalue weighted by Gasteiger charge is -2.28. The van der Waals surface area contributed by atoms with Gasteiger partial charge in [-0.25, -0.2) is 0 Å². The summed E-state index contributed by atoms with van der Waals surface area (Å²) >= 11 is 0. The van der Waals surface area contributed by atoms with Crippen molar-refractivity contribution < 1.29 is 24.4 Å². The molecule has 0 radical (unpaired) electrons. The van der Waals surface area contributed by atoms with Gasteiger partial charge in [-0.2, -0.15) is 0 Å². The van der Waals surface area contributed by atoms with E-state index in [1.54, 1.807) is 0 Å². The smallest absolute Gasteiger partial charge is 0.137 e. The number of quaternary nitrogens is 1. The van der Waals surface area contributed by atoms with E-state index in [0.717, 1.165) is 5.56 Å². The Morgan fingerprint density at radius 1 is 1.08 bits per heavy atom. The van der Waals surface area contributed by atoms with Gasteiger partial charge in [-0.05, 0) is 45.4 Å². The number of hydroxylamine groups is 2. The number of benzene rings is 1. The van der Waals surface area contributed by atoms with Crippen LogP contribution < -0.4 is 9.80 Å². The van der Waals surface area contributed by atoms with Crippen LogP contribution in [0.15, 0.2) is 24.3 Å². The van der Waals surface area contributed by atoms with Crippen molar-refractivity contribution in [3.63, 3.8) is 0 Å². The Balaban J connectivity index is 2.24. The van der Waals surface area contributed by atoms with Gasteiger partial charge in [0.1, 0.15) is 25.0 Å². The van der Waals surface area contributed by atoms with Crippen molar-refractivity contribution in [1.82, 2.24) is 0 Å². The van der Waals surface area contributed by atoms with Gasteiger partial charge in [-0.1, -0.05) is 12.1 Å². The third kappa shape index (κ3) is 9.20. The number of ether oxygens (including phenoxy) is 3. The van der Waals surface area contributed by atoms with Crippen LogP contribution in [0.5, 0.6) is 5.75 Å². The van der Waals surface area contributed by atoms with Crippen LogP contribution in [0.4, 0.5) is 0 Å². The summed E-state index contributed by atoms with van der Waals surface area (Å²) in [5.74, 6) is 0.665. The zero-order chi connectivity index (χ0) is 17.9. The van der Waals surface area contributed by atoms with Crippen LogP contribution in [0.3, 0.4) is 0 Å². The Morgan fingerprint density at radius 3 is 2.33 bits per heavy atom. The first-order valence-electron chi connectivity index (χ1n) is 8.50. The Morgan fingerprint density at radius 2 is 1.75 bits per heavy atom. The molecule has 0 amide bonds. The van der Waals surface area contributed by atoms with Gasteiger partial charge in [-0.3, -0.25) is 0 Å². The molecule has 0 aromatic heterocycles. The highest BCUT2D eigenvalue weighted by molar-refractivity contribution is 5.26. The Labute approximate surface area is 144 Å². The summed E-state index contributed by atoms with van der Waals surface area (Å²) in [6.07, 6.45) is -0.555. The van der Waals surface area contributed by atoms with Gasteiger partial charge in [0.05, 0.1) is 32.0 Å². The second-order valence-electron chi connectivity index (χ2n) is 6.41. The fourth-order valence-electron chi connectivity index (χ4n) is 1.93. The minimum atomic E-state index is -0.774. The van der Waals surface area contributed by atoms with Crippen LogP contribution in [0.2, 0.25) is 0 Å². The minimum absolute atomic E-state index is 0.0417. The van der Waals surface area contributed by atoms with E-state index >= 15 is 0 Å². The Kier molecular flexibility index (Phi) is 9.90. The third-order valence-corrected chi connectivity index (χ3v) is 3.39. The molecule has 0 fully saturated rings. The molecule has 2 atom stereocenters.